The molecule has 0 unspecified atom stereocenters. The van der Waals surface area contributed by atoms with Crippen LogP contribution in [0.15, 0.2) is 76.5 Å². The second-order valence-corrected chi connectivity index (χ2v) is 10.7. The highest BCUT2D eigenvalue weighted by Crippen LogP contribution is 2.38. The van der Waals surface area contributed by atoms with Crippen LogP contribution in [0.4, 0.5) is 17.1 Å². The van der Waals surface area contributed by atoms with Crippen molar-refractivity contribution < 1.29 is 32.0 Å². The van der Waals surface area contributed by atoms with Gasteiger partial charge in [0, 0.05) is 18.2 Å². The second kappa shape index (κ2) is 10.6. The molecule has 3 aromatic rings. The minimum atomic E-state index is -4.58. The molecule has 1 heterocycles. The number of rotatable bonds is 8. The Morgan fingerprint density at radius 2 is 1.66 bits per heavy atom. The van der Waals surface area contributed by atoms with Crippen molar-refractivity contribution in [2.24, 2.45) is 0 Å². The number of hydrogen-bond acceptors (Lipinski definition) is 11. The van der Waals surface area contributed by atoms with Crippen molar-refractivity contribution in [3.8, 4) is 11.5 Å². The lowest BCUT2D eigenvalue weighted by molar-refractivity contribution is -0.387. The van der Waals surface area contributed by atoms with Gasteiger partial charge >= 0.3 is 10.1 Å². The van der Waals surface area contributed by atoms with Crippen LogP contribution in [0.3, 0.4) is 0 Å². The van der Waals surface area contributed by atoms with Gasteiger partial charge in [-0.1, -0.05) is 42.2 Å². The average Bonchev–Trinajstić information content (AvgIpc) is 3.16. The predicted octanol–water partition coefficient (Wildman–Crippen LogP) is 4.69. The molecule has 0 spiro atoms. The standard InChI is InChI=1S/C23H15N3O9S3/c1-34-19-12-14(6-11-18(19)35-38(32,33)21-5-3-2-4-17(21)26(30)31)13-20-22(27)24(23(36)37-20)15-7-9-16(10-8-15)25(28)29/h2-13H,1H3/b20-13+. The lowest BCUT2D eigenvalue weighted by Gasteiger charge is -2.14. The van der Waals surface area contributed by atoms with Gasteiger partial charge in [0.1, 0.15) is 0 Å². The molecule has 0 aliphatic carbocycles. The van der Waals surface area contributed by atoms with E-state index < -0.39 is 36.5 Å². The third-order valence-electron chi connectivity index (χ3n) is 5.13. The molecule has 0 saturated carbocycles. The summed E-state index contributed by atoms with van der Waals surface area (Å²) in [5.74, 6) is -0.680. The monoisotopic (exact) mass is 573 g/mol. The molecule has 0 N–H and O–H groups in total. The number of benzene rings is 3. The molecule has 38 heavy (non-hydrogen) atoms. The van der Waals surface area contributed by atoms with Gasteiger partial charge in [0.05, 0.1) is 27.5 Å². The molecule has 194 valence electrons. The summed E-state index contributed by atoms with van der Waals surface area (Å²) < 4.78 is 36.1. The number of nitrogens with zero attached hydrogens (tertiary/aromatic N) is 3. The van der Waals surface area contributed by atoms with Gasteiger partial charge in [-0.2, -0.15) is 8.42 Å². The summed E-state index contributed by atoms with van der Waals surface area (Å²) in [5.41, 5.74) is 0.0377. The number of methoxy groups -OCH3 is 1. The van der Waals surface area contributed by atoms with Crippen molar-refractivity contribution >= 4 is 67.5 Å². The molecule has 0 bridgehead atoms. The first-order chi connectivity index (χ1) is 18.0. The van der Waals surface area contributed by atoms with Crippen molar-refractivity contribution in [1.29, 1.82) is 0 Å². The fraction of sp³-hybridized carbons (Fsp3) is 0.0435. The van der Waals surface area contributed by atoms with Crippen LogP contribution in [0.1, 0.15) is 5.56 Å². The number of carbonyl (C=O) groups excluding carboxylic acids is 1. The number of amides is 1. The Balaban J connectivity index is 1.60. The number of thioether (sulfide) groups is 1. The molecular weight excluding hydrogens is 558 g/mol. The van der Waals surface area contributed by atoms with Crippen LogP contribution < -0.4 is 13.8 Å². The Morgan fingerprint density at radius 1 is 0.974 bits per heavy atom. The molecule has 4 rings (SSSR count). The molecule has 0 atom stereocenters. The molecule has 3 aromatic carbocycles. The Hall–Kier alpha value is -4.34. The van der Waals surface area contributed by atoms with Gasteiger partial charge in [-0.05, 0) is 42.0 Å². The molecule has 1 aliphatic rings. The number of nitro benzene ring substituents is 2. The van der Waals surface area contributed by atoms with Crippen LogP contribution in [0.5, 0.6) is 11.5 Å². The second-order valence-electron chi connectivity index (χ2n) is 7.46. The number of ether oxygens (including phenoxy) is 1. The maximum atomic E-state index is 13.0. The van der Waals surface area contributed by atoms with Crippen molar-refractivity contribution in [1.82, 2.24) is 0 Å². The zero-order valence-corrected chi connectivity index (χ0v) is 21.6. The summed E-state index contributed by atoms with van der Waals surface area (Å²) in [6, 6.07) is 14.3. The molecule has 15 heteroatoms. The molecule has 1 fully saturated rings. The van der Waals surface area contributed by atoms with Gasteiger partial charge in [0.25, 0.3) is 17.3 Å². The van der Waals surface area contributed by atoms with E-state index in [1.54, 1.807) is 0 Å². The predicted molar refractivity (Wildman–Crippen MR) is 143 cm³/mol. The van der Waals surface area contributed by atoms with E-state index in [1.165, 1.54) is 72.7 Å². The highest BCUT2D eigenvalue weighted by molar-refractivity contribution is 8.27. The van der Waals surface area contributed by atoms with Crippen LogP contribution in [0.25, 0.3) is 6.08 Å². The van der Waals surface area contributed by atoms with E-state index in [1.807, 2.05) is 0 Å². The minimum Gasteiger partial charge on any atom is -0.493 e. The first-order valence-electron chi connectivity index (χ1n) is 10.4. The van der Waals surface area contributed by atoms with Gasteiger partial charge in [0.2, 0.25) is 0 Å². The number of hydrogen-bond donors (Lipinski definition) is 0. The number of para-hydroxylation sites is 1. The Kier molecular flexibility index (Phi) is 7.43. The van der Waals surface area contributed by atoms with E-state index in [2.05, 4.69) is 0 Å². The largest absolute Gasteiger partial charge is 0.493 e. The molecule has 1 saturated heterocycles. The topological polar surface area (TPSA) is 159 Å². The van der Waals surface area contributed by atoms with Gasteiger partial charge in [0.15, 0.2) is 20.7 Å². The summed E-state index contributed by atoms with van der Waals surface area (Å²) in [6.07, 6.45) is 1.51. The number of nitro groups is 2. The fourth-order valence-corrected chi connectivity index (χ4v) is 5.80. The molecular formula is C23H15N3O9S3. The summed E-state index contributed by atoms with van der Waals surface area (Å²) in [4.78, 5) is 34.6. The minimum absolute atomic E-state index is 0.00763. The van der Waals surface area contributed by atoms with E-state index in [0.29, 0.717) is 11.3 Å². The SMILES string of the molecule is COc1cc(/C=C2/SC(=S)N(c3ccc([N+](=O)[O-])cc3)C2=O)ccc1OS(=O)(=O)c1ccccc1[N+](=O)[O-]. The highest BCUT2D eigenvalue weighted by atomic mass is 32.2. The molecule has 1 aliphatic heterocycles. The van der Waals surface area contributed by atoms with Crippen molar-refractivity contribution in [2.45, 2.75) is 4.90 Å². The van der Waals surface area contributed by atoms with E-state index >= 15 is 0 Å². The number of thiocarbonyl (C=S) groups is 1. The molecule has 0 aromatic heterocycles. The molecule has 1 amide bonds. The maximum Gasteiger partial charge on any atom is 0.346 e. The normalized spacial score (nSPS) is 14.6. The summed E-state index contributed by atoms with van der Waals surface area (Å²) in [7, 11) is -3.31. The molecule has 0 radical (unpaired) electrons. The number of carbonyl (C=O) groups is 1. The highest BCUT2D eigenvalue weighted by Gasteiger charge is 2.34. The lowest BCUT2D eigenvalue weighted by atomic mass is 10.2. The summed E-state index contributed by atoms with van der Waals surface area (Å²) >= 11 is 6.33. The van der Waals surface area contributed by atoms with Crippen LogP contribution >= 0.6 is 24.0 Å². The van der Waals surface area contributed by atoms with Crippen molar-refractivity contribution in [3.63, 3.8) is 0 Å². The average molecular weight is 574 g/mol. The number of anilines is 1. The summed E-state index contributed by atoms with van der Waals surface area (Å²) in [6.45, 7) is 0. The quantitative estimate of drug-likeness (QED) is 0.121. The van der Waals surface area contributed by atoms with Crippen molar-refractivity contribution in [2.75, 3.05) is 12.0 Å². The zero-order valence-electron chi connectivity index (χ0n) is 19.2. The smallest absolute Gasteiger partial charge is 0.346 e. The van der Waals surface area contributed by atoms with Crippen molar-refractivity contribution in [3.05, 3.63) is 97.4 Å². The van der Waals surface area contributed by atoms with Crippen LogP contribution in [-0.2, 0) is 14.9 Å². The van der Waals surface area contributed by atoms with E-state index in [9.17, 15) is 33.4 Å². The first-order valence-corrected chi connectivity index (χ1v) is 13.0. The first kappa shape index (κ1) is 26.7. The Labute approximate surface area is 224 Å². The number of non-ortho nitro benzene ring substituents is 1. The summed E-state index contributed by atoms with van der Waals surface area (Å²) in [5, 5.41) is 22.1. The third kappa shape index (κ3) is 5.34. The molecule has 12 nitrogen and oxygen atoms in total. The van der Waals surface area contributed by atoms with E-state index in [0.717, 1.165) is 23.9 Å². The van der Waals surface area contributed by atoms with Gasteiger partial charge in [-0.15, -0.1) is 0 Å². The van der Waals surface area contributed by atoms with E-state index in [-0.39, 0.29) is 26.4 Å². The van der Waals surface area contributed by atoms with E-state index in [4.69, 9.17) is 21.1 Å². The zero-order chi connectivity index (χ0) is 27.6. The van der Waals surface area contributed by atoms with Crippen LogP contribution in [-0.4, -0.2) is 35.6 Å². The Bertz CT molecular complexity index is 1620. The fourth-order valence-electron chi connectivity index (χ4n) is 3.39. The third-order valence-corrected chi connectivity index (χ3v) is 7.71. The van der Waals surface area contributed by atoms with Gasteiger partial charge in [-0.25, -0.2) is 0 Å². The van der Waals surface area contributed by atoms with Crippen LogP contribution in [0, 0.1) is 20.2 Å². The van der Waals surface area contributed by atoms with Gasteiger partial charge in [-0.3, -0.25) is 29.9 Å². The van der Waals surface area contributed by atoms with Crippen LogP contribution in [0.2, 0.25) is 0 Å². The lowest BCUT2D eigenvalue weighted by Crippen LogP contribution is -2.27. The van der Waals surface area contributed by atoms with Gasteiger partial charge < -0.3 is 8.92 Å². The Morgan fingerprint density at radius 3 is 2.29 bits per heavy atom. The maximum absolute atomic E-state index is 13.0.